The highest BCUT2D eigenvalue weighted by Crippen LogP contribution is 2.06. The van der Waals surface area contributed by atoms with Gasteiger partial charge in [0.15, 0.2) is 6.10 Å². The topological polar surface area (TPSA) is 84.9 Å². The maximum absolute atomic E-state index is 10.9. The molecule has 0 unspecified atom stereocenters. The molecular formula is C8H15NO5. The summed E-state index contributed by atoms with van der Waals surface area (Å²) in [4.78, 5) is 25.7. The summed E-state index contributed by atoms with van der Waals surface area (Å²) in [5.41, 5.74) is 1.24. The minimum Gasteiger partial charge on any atom is -0.479 e. The van der Waals surface area contributed by atoms with E-state index in [0.29, 0.717) is 0 Å². The van der Waals surface area contributed by atoms with Gasteiger partial charge in [-0.3, -0.25) is 4.84 Å². The van der Waals surface area contributed by atoms with Crippen LogP contribution < -0.4 is 5.48 Å². The number of hydrogen-bond acceptors (Lipinski definition) is 4. The van der Waals surface area contributed by atoms with E-state index in [-0.39, 0.29) is 0 Å². The molecule has 1 amide bonds. The van der Waals surface area contributed by atoms with Gasteiger partial charge in [-0.15, -0.1) is 0 Å². The Morgan fingerprint density at radius 2 is 1.86 bits per heavy atom. The highest BCUT2D eigenvalue weighted by Gasteiger charge is 2.18. The van der Waals surface area contributed by atoms with Crippen molar-refractivity contribution in [1.29, 1.82) is 0 Å². The van der Waals surface area contributed by atoms with Crippen LogP contribution in [0.3, 0.4) is 0 Å². The molecule has 2 N–H and O–H groups in total. The summed E-state index contributed by atoms with van der Waals surface area (Å²) in [5.74, 6) is -1.17. The van der Waals surface area contributed by atoms with Gasteiger partial charge < -0.3 is 9.84 Å². The molecule has 0 aromatic carbocycles. The third-order valence-corrected chi connectivity index (χ3v) is 1.07. The van der Waals surface area contributed by atoms with E-state index in [1.807, 2.05) is 5.48 Å². The second kappa shape index (κ2) is 4.80. The number of ether oxygens (including phenoxy) is 1. The predicted molar refractivity (Wildman–Crippen MR) is 47.6 cm³/mol. The maximum atomic E-state index is 10.9. The Balaban J connectivity index is 3.81. The standard InChI is InChI=1S/C8H15NO5/c1-5(6(10)11)14-9-7(12)13-8(2,3)4/h5H,1-4H3,(H,9,12)(H,10,11)/t5-/m1/s1. The van der Waals surface area contributed by atoms with Crippen LogP contribution in [0.4, 0.5) is 4.79 Å². The van der Waals surface area contributed by atoms with Gasteiger partial charge in [0.25, 0.3) is 0 Å². The van der Waals surface area contributed by atoms with Crippen molar-refractivity contribution in [3.05, 3.63) is 0 Å². The number of amides is 1. The van der Waals surface area contributed by atoms with Gasteiger partial charge in [0.05, 0.1) is 0 Å². The lowest BCUT2D eigenvalue weighted by Crippen LogP contribution is -2.36. The summed E-state index contributed by atoms with van der Waals surface area (Å²) in [6, 6.07) is 0. The van der Waals surface area contributed by atoms with Gasteiger partial charge in [0.1, 0.15) is 5.60 Å². The Morgan fingerprint density at radius 3 is 2.21 bits per heavy atom. The molecule has 0 aliphatic rings. The van der Waals surface area contributed by atoms with Gasteiger partial charge in [-0.05, 0) is 27.7 Å². The predicted octanol–water partition coefficient (Wildman–Crippen LogP) is 0.916. The zero-order chi connectivity index (χ0) is 11.4. The van der Waals surface area contributed by atoms with Crippen LogP contribution in [-0.2, 0) is 14.4 Å². The van der Waals surface area contributed by atoms with Crippen LogP contribution in [0.5, 0.6) is 0 Å². The number of aliphatic carboxylic acids is 1. The van der Waals surface area contributed by atoms with E-state index in [1.54, 1.807) is 20.8 Å². The number of carboxylic acid groups (broad SMARTS) is 1. The van der Waals surface area contributed by atoms with Gasteiger partial charge >= 0.3 is 12.1 Å². The quantitative estimate of drug-likeness (QED) is 0.669. The number of rotatable bonds is 3. The third kappa shape index (κ3) is 6.24. The molecule has 0 radical (unpaired) electrons. The van der Waals surface area contributed by atoms with Crippen LogP contribution in [0.1, 0.15) is 27.7 Å². The average Bonchev–Trinajstić information content (AvgIpc) is 1.96. The van der Waals surface area contributed by atoms with Gasteiger partial charge in [-0.2, -0.15) is 5.48 Å². The lowest BCUT2D eigenvalue weighted by Gasteiger charge is -2.19. The molecule has 14 heavy (non-hydrogen) atoms. The fourth-order valence-electron chi connectivity index (χ4n) is 0.486. The molecule has 0 fully saturated rings. The zero-order valence-corrected chi connectivity index (χ0v) is 8.66. The first-order chi connectivity index (χ1) is 6.22. The van der Waals surface area contributed by atoms with Crippen molar-refractivity contribution in [3.8, 4) is 0 Å². The fraction of sp³-hybridized carbons (Fsp3) is 0.750. The van der Waals surface area contributed by atoms with Crippen molar-refractivity contribution in [2.45, 2.75) is 39.4 Å². The molecule has 0 aliphatic heterocycles. The van der Waals surface area contributed by atoms with E-state index in [1.165, 1.54) is 6.92 Å². The van der Waals surface area contributed by atoms with E-state index in [4.69, 9.17) is 9.84 Å². The van der Waals surface area contributed by atoms with Crippen LogP contribution in [0.25, 0.3) is 0 Å². The van der Waals surface area contributed by atoms with E-state index in [9.17, 15) is 9.59 Å². The van der Waals surface area contributed by atoms with E-state index in [2.05, 4.69) is 4.84 Å². The molecule has 1 atom stereocenters. The molecule has 0 spiro atoms. The second-order valence-electron chi connectivity index (χ2n) is 3.70. The highest BCUT2D eigenvalue weighted by atomic mass is 16.7. The Labute approximate surface area is 82.1 Å². The maximum Gasteiger partial charge on any atom is 0.431 e. The first kappa shape index (κ1) is 12.7. The van der Waals surface area contributed by atoms with Crippen LogP contribution in [-0.4, -0.2) is 28.9 Å². The van der Waals surface area contributed by atoms with Crippen LogP contribution in [0.15, 0.2) is 0 Å². The van der Waals surface area contributed by atoms with Crippen molar-refractivity contribution >= 4 is 12.1 Å². The van der Waals surface area contributed by atoms with Crippen molar-refractivity contribution in [2.24, 2.45) is 0 Å². The molecule has 0 saturated heterocycles. The minimum absolute atomic E-state index is 0.639. The first-order valence-electron chi connectivity index (χ1n) is 4.10. The summed E-state index contributed by atoms with van der Waals surface area (Å²) in [5, 5.41) is 8.41. The number of carboxylic acids is 1. The molecule has 6 nitrogen and oxygen atoms in total. The minimum atomic E-state index is -1.17. The summed E-state index contributed by atoms with van der Waals surface area (Å²) in [7, 11) is 0. The number of nitrogens with one attached hydrogen (secondary N) is 1. The molecule has 6 heteroatoms. The first-order valence-corrected chi connectivity index (χ1v) is 4.10. The lowest BCUT2D eigenvalue weighted by molar-refractivity contribution is -0.153. The number of carbonyl (C=O) groups excluding carboxylic acids is 1. The Morgan fingerprint density at radius 1 is 1.36 bits per heavy atom. The number of carbonyl (C=O) groups is 2. The lowest BCUT2D eigenvalue weighted by atomic mass is 10.2. The van der Waals surface area contributed by atoms with E-state index >= 15 is 0 Å². The summed E-state index contributed by atoms with van der Waals surface area (Å²) in [6.45, 7) is 6.35. The Hall–Kier alpha value is -1.30. The van der Waals surface area contributed by atoms with Crippen LogP contribution in [0.2, 0.25) is 0 Å². The van der Waals surface area contributed by atoms with Crippen molar-refractivity contribution < 1.29 is 24.3 Å². The molecule has 0 rings (SSSR count). The van der Waals surface area contributed by atoms with Crippen molar-refractivity contribution in [1.82, 2.24) is 5.48 Å². The second-order valence-corrected chi connectivity index (χ2v) is 3.70. The normalized spacial score (nSPS) is 13.1. The highest BCUT2D eigenvalue weighted by molar-refractivity contribution is 5.72. The largest absolute Gasteiger partial charge is 0.479 e. The molecule has 0 saturated carbocycles. The summed E-state index contributed by atoms with van der Waals surface area (Å²) in [6.07, 6.45) is -1.92. The van der Waals surface area contributed by atoms with Crippen molar-refractivity contribution in [3.63, 3.8) is 0 Å². The van der Waals surface area contributed by atoms with E-state index < -0.39 is 23.8 Å². The number of hydroxylamine groups is 1. The smallest absolute Gasteiger partial charge is 0.431 e. The Bertz CT molecular complexity index is 220. The summed E-state index contributed by atoms with van der Waals surface area (Å²) >= 11 is 0. The monoisotopic (exact) mass is 205 g/mol. The number of hydrogen-bond donors (Lipinski definition) is 2. The molecule has 0 aromatic heterocycles. The molecule has 0 aromatic rings. The fourth-order valence-corrected chi connectivity index (χ4v) is 0.486. The average molecular weight is 205 g/mol. The molecule has 0 heterocycles. The molecule has 0 aliphatic carbocycles. The van der Waals surface area contributed by atoms with Gasteiger partial charge in [0, 0.05) is 0 Å². The third-order valence-electron chi connectivity index (χ3n) is 1.07. The van der Waals surface area contributed by atoms with Crippen molar-refractivity contribution in [2.75, 3.05) is 0 Å². The van der Waals surface area contributed by atoms with E-state index in [0.717, 1.165) is 0 Å². The van der Waals surface area contributed by atoms with Crippen LogP contribution >= 0.6 is 0 Å². The van der Waals surface area contributed by atoms with Crippen LogP contribution in [0, 0.1) is 0 Å². The Kier molecular flexibility index (Phi) is 4.36. The van der Waals surface area contributed by atoms with Gasteiger partial charge in [-0.1, -0.05) is 0 Å². The molecule has 0 bridgehead atoms. The molecule has 82 valence electrons. The summed E-state index contributed by atoms with van der Waals surface area (Å²) < 4.78 is 4.80. The van der Waals surface area contributed by atoms with Gasteiger partial charge in [-0.25, -0.2) is 9.59 Å². The molecular weight excluding hydrogens is 190 g/mol. The van der Waals surface area contributed by atoms with Gasteiger partial charge in [0.2, 0.25) is 0 Å². The zero-order valence-electron chi connectivity index (χ0n) is 8.66. The SMILES string of the molecule is C[C@@H](ONC(=O)OC(C)(C)C)C(=O)O.